The number of halogens is 1. The van der Waals surface area contributed by atoms with Crippen molar-refractivity contribution < 1.29 is 14.3 Å². The Morgan fingerprint density at radius 2 is 2.23 bits per heavy atom. The van der Waals surface area contributed by atoms with Crippen LogP contribution in [0.2, 0.25) is 0 Å². The molecule has 8 nitrogen and oxygen atoms in total. The van der Waals surface area contributed by atoms with Crippen LogP contribution in [0.3, 0.4) is 0 Å². The number of carbonyl (C=O) groups excluding carboxylic acids is 2. The van der Waals surface area contributed by atoms with Crippen molar-refractivity contribution >= 4 is 29.9 Å². The lowest BCUT2D eigenvalue weighted by Gasteiger charge is -2.26. The molecular weight excluding hydrogens is 406 g/mol. The molecule has 2 aromatic rings. The molecule has 3 N–H and O–H groups in total. The number of anilines is 1. The molecule has 1 saturated heterocycles. The van der Waals surface area contributed by atoms with Crippen molar-refractivity contribution in [2.45, 2.75) is 51.3 Å². The van der Waals surface area contributed by atoms with E-state index in [4.69, 9.17) is 4.74 Å². The van der Waals surface area contributed by atoms with Crippen LogP contribution in [-0.4, -0.2) is 40.8 Å². The maximum absolute atomic E-state index is 12.7. The lowest BCUT2D eigenvalue weighted by atomic mass is 10.1. The van der Waals surface area contributed by atoms with E-state index < -0.39 is 6.10 Å². The molecule has 2 amide bonds. The van der Waals surface area contributed by atoms with Crippen molar-refractivity contribution in [3.63, 3.8) is 0 Å². The molecule has 1 aromatic heterocycles. The highest BCUT2D eigenvalue weighted by Gasteiger charge is 2.27. The van der Waals surface area contributed by atoms with Gasteiger partial charge in [0.05, 0.1) is 17.8 Å². The van der Waals surface area contributed by atoms with Crippen LogP contribution >= 0.6 is 12.4 Å². The van der Waals surface area contributed by atoms with Gasteiger partial charge >= 0.3 is 0 Å². The van der Waals surface area contributed by atoms with E-state index in [0.717, 1.165) is 31.5 Å². The molecule has 162 valence electrons. The monoisotopic (exact) mass is 433 g/mol. The van der Waals surface area contributed by atoms with Crippen molar-refractivity contribution in [3.05, 3.63) is 41.7 Å². The fourth-order valence-corrected chi connectivity index (χ4v) is 3.77. The zero-order valence-corrected chi connectivity index (χ0v) is 18.0. The number of piperidine rings is 1. The Morgan fingerprint density at radius 3 is 2.97 bits per heavy atom. The lowest BCUT2D eigenvalue weighted by Crippen LogP contribution is -2.36. The molecule has 3 atom stereocenters. The smallest absolute Gasteiger partial charge is 0.272 e. The van der Waals surface area contributed by atoms with Gasteiger partial charge in [-0.2, -0.15) is 5.10 Å². The summed E-state index contributed by atoms with van der Waals surface area (Å²) in [4.78, 5) is 24.6. The van der Waals surface area contributed by atoms with Gasteiger partial charge in [0.2, 0.25) is 0 Å². The van der Waals surface area contributed by atoms with Gasteiger partial charge in [0, 0.05) is 12.7 Å². The number of fused-ring (bicyclic) bond motifs is 1. The molecule has 0 spiro atoms. The minimum atomic E-state index is -0.485. The maximum Gasteiger partial charge on any atom is 0.272 e. The molecule has 1 fully saturated rings. The number of benzene rings is 1. The van der Waals surface area contributed by atoms with Gasteiger partial charge in [0.1, 0.15) is 11.4 Å². The van der Waals surface area contributed by atoms with Crippen LogP contribution in [0.4, 0.5) is 5.69 Å². The van der Waals surface area contributed by atoms with Crippen LogP contribution in [0.5, 0.6) is 5.75 Å². The maximum atomic E-state index is 12.7. The fraction of sp³-hybridized carbons (Fsp3) is 0.476. The van der Waals surface area contributed by atoms with E-state index in [1.165, 1.54) is 0 Å². The summed E-state index contributed by atoms with van der Waals surface area (Å²) in [7, 11) is 0. The molecule has 4 rings (SSSR count). The van der Waals surface area contributed by atoms with Crippen LogP contribution in [0.25, 0.3) is 0 Å². The molecule has 3 heterocycles. The molecule has 1 aromatic carbocycles. The minimum absolute atomic E-state index is 0. The molecule has 0 saturated carbocycles. The Bertz CT molecular complexity index is 910. The first-order valence-corrected chi connectivity index (χ1v) is 10.2. The van der Waals surface area contributed by atoms with E-state index in [1.807, 2.05) is 42.9 Å². The Kier molecular flexibility index (Phi) is 6.99. The van der Waals surface area contributed by atoms with E-state index in [1.54, 1.807) is 6.07 Å². The molecule has 30 heavy (non-hydrogen) atoms. The predicted octanol–water partition coefficient (Wildman–Crippen LogP) is 2.83. The highest BCUT2D eigenvalue weighted by atomic mass is 35.5. The highest BCUT2D eigenvalue weighted by Crippen LogP contribution is 2.33. The van der Waals surface area contributed by atoms with Crippen LogP contribution in [0, 0.1) is 0 Å². The Hall–Kier alpha value is -2.58. The van der Waals surface area contributed by atoms with Gasteiger partial charge in [-0.3, -0.25) is 14.3 Å². The third-order valence-corrected chi connectivity index (χ3v) is 5.53. The Labute approximate surface area is 182 Å². The van der Waals surface area contributed by atoms with Gasteiger partial charge in [0.25, 0.3) is 11.8 Å². The van der Waals surface area contributed by atoms with Crippen molar-refractivity contribution in [1.82, 2.24) is 20.4 Å². The Morgan fingerprint density at radius 1 is 1.40 bits per heavy atom. The minimum Gasteiger partial charge on any atom is -0.478 e. The lowest BCUT2D eigenvalue weighted by molar-refractivity contribution is -0.123. The second-order valence-corrected chi connectivity index (χ2v) is 7.64. The van der Waals surface area contributed by atoms with E-state index in [0.29, 0.717) is 29.6 Å². The number of carbonyl (C=O) groups is 2. The third kappa shape index (κ3) is 4.60. The van der Waals surface area contributed by atoms with Crippen LogP contribution in [0.1, 0.15) is 61.2 Å². The number of nitrogens with zero attached hydrogens (tertiary/aromatic N) is 2. The van der Waals surface area contributed by atoms with Crippen LogP contribution in [0.15, 0.2) is 30.5 Å². The molecule has 3 unspecified atom stereocenters. The summed E-state index contributed by atoms with van der Waals surface area (Å²) in [5.41, 5.74) is 1.97. The second kappa shape index (κ2) is 9.49. The summed E-state index contributed by atoms with van der Waals surface area (Å²) in [6.07, 6.45) is 4.17. The number of rotatable bonds is 5. The summed E-state index contributed by atoms with van der Waals surface area (Å²) in [6.45, 7) is 5.74. The average Bonchev–Trinajstić information content (AvgIpc) is 3.24. The fourth-order valence-electron chi connectivity index (χ4n) is 3.77. The number of hydrogen-bond donors (Lipinski definition) is 3. The standard InChI is InChI=1S/C21H27N5O3.ClH/c1-3-18-21(28)24-16-7-6-14(11-19(16)29-18)13(2)23-20(27)17-8-10-26(25-17)15-5-4-9-22-12-15;/h6-8,10-11,13,15,18,22H,3-5,9,12H2,1-2H3,(H,23,27)(H,24,28);1H. The first-order chi connectivity index (χ1) is 14.0. The largest absolute Gasteiger partial charge is 0.478 e. The number of aromatic nitrogens is 2. The van der Waals surface area contributed by atoms with E-state index >= 15 is 0 Å². The molecule has 0 radical (unpaired) electrons. The number of hydrogen-bond acceptors (Lipinski definition) is 5. The number of ether oxygens (including phenoxy) is 1. The first-order valence-electron chi connectivity index (χ1n) is 10.2. The molecule has 2 aliphatic heterocycles. The average molecular weight is 434 g/mol. The van der Waals surface area contributed by atoms with Crippen molar-refractivity contribution in [2.24, 2.45) is 0 Å². The predicted molar refractivity (Wildman–Crippen MR) is 116 cm³/mol. The van der Waals surface area contributed by atoms with Gasteiger partial charge in [0.15, 0.2) is 6.10 Å². The first kappa shape index (κ1) is 22.1. The Balaban J connectivity index is 0.00000256. The molecule has 0 aliphatic carbocycles. The van der Waals surface area contributed by atoms with Crippen LogP contribution < -0.4 is 20.7 Å². The zero-order chi connectivity index (χ0) is 20.4. The summed E-state index contributed by atoms with van der Waals surface area (Å²) >= 11 is 0. The van der Waals surface area contributed by atoms with Gasteiger partial charge in [-0.25, -0.2) is 0 Å². The highest BCUT2D eigenvalue weighted by molar-refractivity contribution is 5.97. The zero-order valence-electron chi connectivity index (χ0n) is 17.2. The van der Waals surface area contributed by atoms with E-state index in [2.05, 4.69) is 21.0 Å². The topological polar surface area (TPSA) is 97.3 Å². The molecule has 2 aliphatic rings. The quantitative estimate of drug-likeness (QED) is 0.673. The van der Waals surface area contributed by atoms with Gasteiger partial charge in [-0.1, -0.05) is 13.0 Å². The van der Waals surface area contributed by atoms with Gasteiger partial charge in [-0.05, 0) is 56.5 Å². The van der Waals surface area contributed by atoms with Crippen molar-refractivity contribution in [1.29, 1.82) is 0 Å². The van der Waals surface area contributed by atoms with Crippen molar-refractivity contribution in [2.75, 3.05) is 18.4 Å². The van der Waals surface area contributed by atoms with Gasteiger partial charge in [-0.15, -0.1) is 12.4 Å². The van der Waals surface area contributed by atoms with E-state index in [9.17, 15) is 9.59 Å². The number of amides is 2. The molecule has 0 bridgehead atoms. The normalized spacial score (nSPS) is 21.5. The summed E-state index contributed by atoms with van der Waals surface area (Å²) in [5, 5.41) is 13.7. The molecule has 9 heteroatoms. The van der Waals surface area contributed by atoms with Crippen molar-refractivity contribution in [3.8, 4) is 5.75 Å². The summed E-state index contributed by atoms with van der Waals surface area (Å²) in [5.74, 6) is 0.292. The SMILES string of the molecule is CCC1Oc2cc(C(C)NC(=O)c3ccn(C4CCCNC4)n3)ccc2NC1=O.Cl. The van der Waals surface area contributed by atoms with E-state index in [-0.39, 0.29) is 30.3 Å². The van der Waals surface area contributed by atoms with Crippen LogP contribution in [-0.2, 0) is 4.79 Å². The second-order valence-electron chi connectivity index (χ2n) is 7.64. The summed E-state index contributed by atoms with van der Waals surface area (Å²) in [6, 6.07) is 7.38. The number of nitrogens with one attached hydrogen (secondary N) is 3. The summed E-state index contributed by atoms with van der Waals surface area (Å²) < 4.78 is 7.68. The molecular formula is C21H28ClN5O3. The third-order valence-electron chi connectivity index (χ3n) is 5.53. The van der Waals surface area contributed by atoms with Gasteiger partial charge < -0.3 is 20.7 Å².